The van der Waals surface area contributed by atoms with Crippen molar-refractivity contribution < 1.29 is 54.6 Å². The number of halogens is 3. The SMILES string of the molecule is O=C(O)NCNc1ccc(S(=O)(=O)CCCn2ccn(CCCS(=O)(=O)c3ccc(NCNC(=O)O)cc3)c2=NC(=O)C(F)(F)F)cc1. The molecule has 21 heteroatoms. The third-order valence-electron chi connectivity index (χ3n) is 6.50. The average Bonchev–Trinajstić information content (AvgIpc) is 3.37. The minimum atomic E-state index is -5.28. The highest BCUT2D eigenvalue weighted by Gasteiger charge is 2.38. The van der Waals surface area contributed by atoms with Crippen LogP contribution < -0.4 is 26.9 Å². The van der Waals surface area contributed by atoms with E-state index in [1.807, 2.05) is 0 Å². The van der Waals surface area contributed by atoms with Crippen LogP contribution in [0.4, 0.5) is 34.1 Å². The van der Waals surface area contributed by atoms with Gasteiger partial charge in [-0.05, 0) is 61.4 Å². The van der Waals surface area contributed by atoms with Crippen molar-refractivity contribution in [1.29, 1.82) is 0 Å². The van der Waals surface area contributed by atoms with Gasteiger partial charge in [-0.3, -0.25) is 4.79 Å². The zero-order valence-electron chi connectivity index (χ0n) is 25.0. The quantitative estimate of drug-likeness (QED) is 0.118. The number of nitrogens with zero attached hydrogens (tertiary/aromatic N) is 3. The topological polar surface area (TPSA) is 230 Å². The molecule has 0 bridgehead atoms. The lowest BCUT2D eigenvalue weighted by atomic mass is 10.3. The molecule has 6 N–H and O–H groups in total. The summed E-state index contributed by atoms with van der Waals surface area (Å²) in [6, 6.07) is 11.0. The molecule has 1 heterocycles. The first kappa shape index (κ1) is 37.4. The van der Waals surface area contributed by atoms with Crippen molar-refractivity contribution in [2.24, 2.45) is 4.99 Å². The van der Waals surface area contributed by atoms with Gasteiger partial charge in [0.15, 0.2) is 19.7 Å². The molecule has 16 nitrogen and oxygen atoms in total. The molecule has 0 unspecified atom stereocenters. The second kappa shape index (κ2) is 16.2. The van der Waals surface area contributed by atoms with Crippen molar-refractivity contribution in [3.8, 4) is 0 Å². The first-order valence-corrected chi connectivity index (χ1v) is 17.3. The van der Waals surface area contributed by atoms with E-state index < -0.39 is 61.1 Å². The second-order valence-corrected chi connectivity index (χ2v) is 14.2. The van der Waals surface area contributed by atoms with Crippen molar-refractivity contribution in [3.05, 3.63) is 66.5 Å². The van der Waals surface area contributed by atoms with E-state index in [2.05, 4.69) is 26.3 Å². The molecule has 0 fully saturated rings. The molecular weight excluding hydrogens is 687 g/mol. The fraction of sp³-hybridized carbons (Fsp3) is 0.333. The van der Waals surface area contributed by atoms with E-state index in [-0.39, 0.29) is 49.1 Å². The van der Waals surface area contributed by atoms with Crippen molar-refractivity contribution >= 4 is 49.1 Å². The van der Waals surface area contributed by atoms with Gasteiger partial charge in [0.2, 0.25) is 5.62 Å². The smallest absolute Gasteiger partial charge is 0.465 e. The van der Waals surface area contributed by atoms with Gasteiger partial charge in [-0.2, -0.15) is 18.2 Å². The van der Waals surface area contributed by atoms with Gasteiger partial charge in [-0.1, -0.05) is 0 Å². The average molecular weight is 720 g/mol. The van der Waals surface area contributed by atoms with Crippen LogP contribution in [0.3, 0.4) is 0 Å². The number of carbonyl (C=O) groups excluding carboxylic acids is 1. The number of anilines is 2. The molecule has 2 aromatic carbocycles. The summed E-state index contributed by atoms with van der Waals surface area (Å²) in [5.41, 5.74) is 0.458. The lowest BCUT2D eigenvalue weighted by molar-refractivity contribution is -0.169. The molecule has 262 valence electrons. The number of amides is 3. The Bertz CT molecular complexity index is 1750. The number of nitrogens with one attached hydrogen (secondary N) is 4. The Balaban J connectivity index is 1.67. The summed E-state index contributed by atoms with van der Waals surface area (Å²) in [6.45, 7) is -0.503. The number of aromatic nitrogens is 2. The van der Waals surface area contributed by atoms with Crippen LogP contribution in [0.5, 0.6) is 0 Å². The number of aryl methyl sites for hydroxylation is 2. The molecule has 0 spiro atoms. The summed E-state index contributed by atoms with van der Waals surface area (Å²) in [5.74, 6) is -3.21. The van der Waals surface area contributed by atoms with Crippen molar-refractivity contribution in [3.63, 3.8) is 0 Å². The Kier molecular flexibility index (Phi) is 12.6. The minimum absolute atomic E-state index is 0.0405. The summed E-state index contributed by atoms with van der Waals surface area (Å²) >= 11 is 0. The lowest BCUT2D eigenvalue weighted by Crippen LogP contribution is -2.32. The van der Waals surface area contributed by atoms with Crippen LogP contribution in [-0.4, -0.2) is 85.3 Å². The largest absolute Gasteiger partial charge is 0.473 e. The number of imidazole rings is 1. The fourth-order valence-electron chi connectivity index (χ4n) is 4.18. The molecule has 1 aromatic heterocycles. The Morgan fingerprint density at radius 1 is 0.688 bits per heavy atom. The van der Waals surface area contributed by atoms with Crippen LogP contribution in [-0.2, 0) is 37.6 Å². The van der Waals surface area contributed by atoms with Crippen LogP contribution in [0.1, 0.15) is 12.8 Å². The molecule has 0 aliphatic rings. The molecule has 0 atom stereocenters. The molecule has 0 aliphatic heterocycles. The molecule has 0 saturated heterocycles. The Morgan fingerprint density at radius 3 is 1.40 bits per heavy atom. The number of carboxylic acid groups (broad SMARTS) is 2. The molecule has 3 amide bonds. The van der Waals surface area contributed by atoms with Gasteiger partial charge in [0.05, 0.1) is 34.6 Å². The molecule has 3 aromatic rings. The maximum Gasteiger partial charge on any atom is 0.473 e. The minimum Gasteiger partial charge on any atom is -0.465 e. The summed E-state index contributed by atoms with van der Waals surface area (Å²) in [5, 5.41) is 26.9. The third-order valence-corrected chi connectivity index (χ3v) is 10.1. The summed E-state index contributed by atoms with van der Waals surface area (Å²) in [7, 11) is -7.67. The first-order chi connectivity index (χ1) is 22.5. The van der Waals surface area contributed by atoms with Crippen molar-refractivity contribution in [2.45, 2.75) is 41.9 Å². The van der Waals surface area contributed by atoms with Gasteiger partial charge < -0.3 is 40.6 Å². The van der Waals surface area contributed by atoms with Gasteiger partial charge in [0.25, 0.3) is 0 Å². The maximum absolute atomic E-state index is 13.1. The summed E-state index contributed by atoms with van der Waals surface area (Å²) in [6.07, 6.45) is -5.31. The lowest BCUT2D eigenvalue weighted by Gasteiger charge is -2.10. The number of benzene rings is 2. The zero-order chi connectivity index (χ0) is 35.5. The molecular formula is C27H32F3N7O9S2. The number of rotatable bonds is 16. The monoisotopic (exact) mass is 719 g/mol. The molecule has 0 saturated carbocycles. The van der Waals surface area contributed by atoms with Gasteiger partial charge in [-0.15, -0.1) is 0 Å². The van der Waals surface area contributed by atoms with E-state index in [9.17, 15) is 44.4 Å². The van der Waals surface area contributed by atoms with Crippen LogP contribution in [0.25, 0.3) is 0 Å². The molecule has 0 radical (unpaired) electrons. The highest BCUT2D eigenvalue weighted by Crippen LogP contribution is 2.18. The van der Waals surface area contributed by atoms with E-state index >= 15 is 0 Å². The molecule has 48 heavy (non-hydrogen) atoms. The number of hydrogen-bond acceptors (Lipinski definition) is 9. The Labute approximate surface area is 272 Å². The predicted octanol–water partition coefficient (Wildman–Crippen LogP) is 2.28. The highest BCUT2D eigenvalue weighted by atomic mass is 32.2. The Hall–Kier alpha value is -5.05. The van der Waals surface area contributed by atoms with Crippen LogP contribution in [0.15, 0.2) is 75.7 Å². The maximum atomic E-state index is 13.1. The third kappa shape index (κ3) is 11.3. The van der Waals surface area contributed by atoms with Crippen LogP contribution in [0.2, 0.25) is 0 Å². The van der Waals surface area contributed by atoms with Crippen molar-refractivity contribution in [1.82, 2.24) is 19.8 Å². The first-order valence-electron chi connectivity index (χ1n) is 14.0. The number of carbonyl (C=O) groups is 3. The summed E-state index contributed by atoms with van der Waals surface area (Å²) < 4.78 is 92.9. The van der Waals surface area contributed by atoms with Crippen LogP contribution >= 0.6 is 0 Å². The van der Waals surface area contributed by atoms with E-state index in [1.54, 1.807) is 0 Å². The van der Waals surface area contributed by atoms with Gasteiger partial charge in [0, 0.05) is 36.9 Å². The zero-order valence-corrected chi connectivity index (χ0v) is 26.6. The fourth-order valence-corrected chi connectivity index (χ4v) is 6.77. The predicted molar refractivity (Wildman–Crippen MR) is 165 cm³/mol. The van der Waals surface area contributed by atoms with Crippen LogP contribution in [0, 0.1) is 0 Å². The van der Waals surface area contributed by atoms with Gasteiger partial charge >= 0.3 is 24.3 Å². The molecule has 0 aliphatic carbocycles. The van der Waals surface area contributed by atoms with E-state index in [0.717, 1.165) is 0 Å². The van der Waals surface area contributed by atoms with E-state index in [0.29, 0.717) is 11.4 Å². The highest BCUT2D eigenvalue weighted by molar-refractivity contribution is 7.91. The molecule has 3 rings (SSSR count). The second-order valence-electron chi connectivity index (χ2n) is 9.96. The van der Waals surface area contributed by atoms with Crippen molar-refractivity contribution in [2.75, 3.05) is 35.5 Å². The Morgan fingerprint density at radius 2 is 1.06 bits per heavy atom. The van der Waals surface area contributed by atoms with Gasteiger partial charge in [0.1, 0.15) is 0 Å². The number of sulfone groups is 2. The van der Waals surface area contributed by atoms with E-state index in [1.165, 1.54) is 70.1 Å². The summed E-state index contributed by atoms with van der Waals surface area (Å²) in [4.78, 5) is 35.9. The number of hydrogen-bond donors (Lipinski definition) is 6. The normalized spacial score (nSPS) is 11.8. The number of alkyl halides is 3. The van der Waals surface area contributed by atoms with Gasteiger partial charge in [-0.25, -0.2) is 26.4 Å². The van der Waals surface area contributed by atoms with E-state index in [4.69, 9.17) is 10.2 Å². The standard InChI is InChI=1S/C27H32F3N7O9S2/c28-27(29,30)23(38)35-24-36(11-1-15-47(43,44)21-7-3-19(4-8-21)31-17-33-25(39)40)13-14-37(24)12-2-16-48(45,46)22-9-5-20(6-10-22)32-18-34-26(41)42/h3-10,13-14,31-34H,1-2,11-12,15-18H2,(H,39,40)(H,41,42).